The number of carbonyl (C=O) groups excluding carboxylic acids is 1. The van der Waals surface area contributed by atoms with Crippen LogP contribution in [0, 0.1) is 31.1 Å². The van der Waals surface area contributed by atoms with Crippen molar-refractivity contribution < 1.29 is 4.79 Å². The lowest BCUT2D eigenvalue weighted by atomic mass is 9.99. The first kappa shape index (κ1) is 15.2. The second kappa shape index (κ2) is 7.58. The Kier molecular flexibility index (Phi) is 6.08. The molecule has 0 bridgehead atoms. The van der Waals surface area contributed by atoms with Crippen molar-refractivity contribution in [2.45, 2.75) is 46.5 Å². The van der Waals surface area contributed by atoms with Gasteiger partial charge in [0.1, 0.15) is 0 Å². The molecule has 0 fully saturated rings. The summed E-state index contributed by atoms with van der Waals surface area (Å²) in [5.41, 5.74) is 3.21. The van der Waals surface area contributed by atoms with Gasteiger partial charge in [-0.25, -0.2) is 0 Å². The van der Waals surface area contributed by atoms with E-state index in [9.17, 15) is 4.79 Å². The number of aryl methyl sites for hydroxylation is 2. The van der Waals surface area contributed by atoms with Gasteiger partial charge in [0.15, 0.2) is 0 Å². The van der Waals surface area contributed by atoms with Gasteiger partial charge in [-0.15, -0.1) is 0 Å². The number of hydrogen-bond acceptors (Lipinski definition) is 2. The molecule has 3 nitrogen and oxygen atoms in total. The molecule has 1 aromatic rings. The van der Waals surface area contributed by atoms with Crippen molar-refractivity contribution in [3.63, 3.8) is 0 Å². The van der Waals surface area contributed by atoms with E-state index in [2.05, 4.69) is 18.3 Å². The van der Waals surface area contributed by atoms with Crippen molar-refractivity contribution in [2.24, 2.45) is 5.92 Å². The number of amides is 1. The zero-order valence-electron chi connectivity index (χ0n) is 12.0. The molecule has 0 heterocycles. The quantitative estimate of drug-likeness (QED) is 0.839. The van der Waals surface area contributed by atoms with Crippen molar-refractivity contribution >= 4 is 11.6 Å². The summed E-state index contributed by atoms with van der Waals surface area (Å²) in [7, 11) is 0. The Morgan fingerprint density at radius 2 is 2.05 bits per heavy atom. The Hall–Kier alpha value is -1.82. The van der Waals surface area contributed by atoms with Crippen LogP contribution >= 0.6 is 0 Å². The van der Waals surface area contributed by atoms with Crippen LogP contribution in [0.1, 0.15) is 43.7 Å². The lowest BCUT2D eigenvalue weighted by Gasteiger charge is -2.09. The number of benzene rings is 1. The van der Waals surface area contributed by atoms with Crippen LogP contribution in [0.25, 0.3) is 0 Å². The molecule has 1 N–H and O–H groups in total. The van der Waals surface area contributed by atoms with Crippen LogP contribution in [0.3, 0.4) is 0 Å². The molecule has 1 atom stereocenters. The molecule has 0 aliphatic heterocycles. The fraction of sp³-hybridized carbons (Fsp3) is 0.500. The number of nitriles is 1. The molecule has 102 valence electrons. The van der Waals surface area contributed by atoms with Gasteiger partial charge >= 0.3 is 0 Å². The molecule has 1 rings (SSSR count). The van der Waals surface area contributed by atoms with E-state index in [4.69, 9.17) is 5.26 Å². The van der Waals surface area contributed by atoms with E-state index >= 15 is 0 Å². The van der Waals surface area contributed by atoms with Crippen molar-refractivity contribution in [1.82, 2.24) is 0 Å². The standard InChI is InChI=1S/C16H22N2O/c1-4-5-14(11-17)7-9-16(19)18-15-8-6-12(2)13(3)10-15/h6,8,10,14H,4-5,7,9H2,1-3H3,(H,18,19). The molecule has 1 unspecified atom stereocenters. The maximum atomic E-state index is 11.8. The Balaban J connectivity index is 2.47. The predicted octanol–water partition coefficient (Wildman–Crippen LogP) is 3.96. The van der Waals surface area contributed by atoms with Crippen molar-refractivity contribution in [2.75, 3.05) is 5.32 Å². The first-order valence-electron chi connectivity index (χ1n) is 6.83. The number of rotatable bonds is 6. The molecule has 3 heteroatoms. The highest BCUT2D eigenvalue weighted by Gasteiger charge is 2.10. The molecule has 0 aliphatic rings. The molecule has 0 radical (unpaired) electrons. The molecule has 1 aromatic carbocycles. The van der Waals surface area contributed by atoms with Crippen LogP contribution < -0.4 is 5.32 Å². The second-order valence-corrected chi connectivity index (χ2v) is 5.00. The zero-order valence-corrected chi connectivity index (χ0v) is 12.0. The number of nitrogens with zero attached hydrogens (tertiary/aromatic N) is 1. The number of anilines is 1. The van der Waals surface area contributed by atoms with Crippen molar-refractivity contribution in [3.8, 4) is 6.07 Å². The predicted molar refractivity (Wildman–Crippen MR) is 77.8 cm³/mol. The molecular formula is C16H22N2O. The average molecular weight is 258 g/mol. The summed E-state index contributed by atoms with van der Waals surface area (Å²) in [4.78, 5) is 11.8. The normalized spacial score (nSPS) is 11.7. The number of nitrogens with one attached hydrogen (secondary N) is 1. The summed E-state index contributed by atoms with van der Waals surface area (Å²) in [6.07, 6.45) is 2.90. The van der Waals surface area contributed by atoms with Gasteiger partial charge in [0.05, 0.1) is 6.07 Å². The Morgan fingerprint density at radius 1 is 1.32 bits per heavy atom. The van der Waals surface area contributed by atoms with E-state index in [0.717, 1.165) is 18.5 Å². The molecule has 19 heavy (non-hydrogen) atoms. The Morgan fingerprint density at radius 3 is 2.63 bits per heavy atom. The lowest BCUT2D eigenvalue weighted by molar-refractivity contribution is -0.116. The van der Waals surface area contributed by atoms with Crippen LogP contribution in [-0.2, 0) is 4.79 Å². The van der Waals surface area contributed by atoms with Gasteiger partial charge in [-0.1, -0.05) is 19.4 Å². The van der Waals surface area contributed by atoms with E-state index in [-0.39, 0.29) is 11.8 Å². The Labute approximate surface area is 115 Å². The Bertz CT molecular complexity index is 474. The van der Waals surface area contributed by atoms with Crippen LogP contribution in [0.5, 0.6) is 0 Å². The molecule has 0 aliphatic carbocycles. The molecule has 0 aromatic heterocycles. The number of hydrogen-bond donors (Lipinski definition) is 1. The third kappa shape index (κ3) is 5.13. The van der Waals surface area contributed by atoms with E-state index in [0.29, 0.717) is 12.8 Å². The van der Waals surface area contributed by atoms with Gasteiger partial charge in [0.25, 0.3) is 0 Å². The minimum absolute atomic E-state index is 0.00416. The smallest absolute Gasteiger partial charge is 0.224 e. The average Bonchev–Trinajstić information content (AvgIpc) is 2.39. The van der Waals surface area contributed by atoms with Gasteiger partial charge in [-0.3, -0.25) is 4.79 Å². The summed E-state index contributed by atoms with van der Waals surface area (Å²) < 4.78 is 0. The molecular weight excluding hydrogens is 236 g/mol. The summed E-state index contributed by atoms with van der Waals surface area (Å²) >= 11 is 0. The van der Waals surface area contributed by atoms with Crippen molar-refractivity contribution in [1.29, 1.82) is 5.26 Å². The van der Waals surface area contributed by atoms with Crippen LogP contribution in [0.4, 0.5) is 5.69 Å². The van der Waals surface area contributed by atoms with E-state index in [1.165, 1.54) is 11.1 Å². The first-order chi connectivity index (χ1) is 9.06. The molecule has 0 saturated heterocycles. The highest BCUT2D eigenvalue weighted by atomic mass is 16.1. The summed E-state index contributed by atoms with van der Waals surface area (Å²) in [6.45, 7) is 6.13. The van der Waals surface area contributed by atoms with Gasteiger partial charge in [-0.05, 0) is 49.9 Å². The summed E-state index contributed by atoms with van der Waals surface area (Å²) in [6, 6.07) is 8.14. The maximum Gasteiger partial charge on any atom is 0.224 e. The monoisotopic (exact) mass is 258 g/mol. The second-order valence-electron chi connectivity index (χ2n) is 5.00. The van der Waals surface area contributed by atoms with Crippen molar-refractivity contribution in [3.05, 3.63) is 29.3 Å². The molecule has 1 amide bonds. The lowest BCUT2D eigenvalue weighted by Crippen LogP contribution is -2.13. The molecule has 0 saturated carbocycles. The van der Waals surface area contributed by atoms with E-state index < -0.39 is 0 Å². The minimum atomic E-state index is -0.0143. The minimum Gasteiger partial charge on any atom is -0.326 e. The van der Waals surface area contributed by atoms with Gasteiger partial charge < -0.3 is 5.32 Å². The SMILES string of the molecule is CCCC(C#N)CCC(=O)Nc1ccc(C)c(C)c1. The van der Waals surface area contributed by atoms with Gasteiger partial charge in [-0.2, -0.15) is 5.26 Å². The van der Waals surface area contributed by atoms with Gasteiger partial charge in [0.2, 0.25) is 5.91 Å². The largest absolute Gasteiger partial charge is 0.326 e. The fourth-order valence-electron chi connectivity index (χ4n) is 1.97. The third-order valence-electron chi connectivity index (χ3n) is 3.33. The van der Waals surface area contributed by atoms with E-state index in [1.54, 1.807) is 0 Å². The highest BCUT2D eigenvalue weighted by molar-refractivity contribution is 5.90. The highest BCUT2D eigenvalue weighted by Crippen LogP contribution is 2.16. The maximum absolute atomic E-state index is 11.8. The van der Waals surface area contributed by atoms with Crippen LogP contribution in [0.2, 0.25) is 0 Å². The zero-order chi connectivity index (χ0) is 14.3. The summed E-state index contributed by atoms with van der Waals surface area (Å²) in [5, 5.41) is 11.8. The van der Waals surface area contributed by atoms with E-state index in [1.807, 2.05) is 32.0 Å². The molecule has 0 spiro atoms. The van der Waals surface area contributed by atoms with Crippen LogP contribution in [0.15, 0.2) is 18.2 Å². The number of carbonyl (C=O) groups is 1. The fourth-order valence-corrected chi connectivity index (χ4v) is 1.97. The van der Waals surface area contributed by atoms with Gasteiger partial charge in [0, 0.05) is 18.0 Å². The first-order valence-corrected chi connectivity index (χ1v) is 6.83. The summed E-state index contributed by atoms with van der Waals surface area (Å²) in [5.74, 6) is -0.0184. The third-order valence-corrected chi connectivity index (χ3v) is 3.33. The topological polar surface area (TPSA) is 52.9 Å². The van der Waals surface area contributed by atoms with Crippen LogP contribution in [-0.4, -0.2) is 5.91 Å².